The maximum absolute atomic E-state index is 12.3. The molecule has 0 radical (unpaired) electrons. The van der Waals surface area contributed by atoms with E-state index in [2.05, 4.69) is 0 Å². The first kappa shape index (κ1) is 16.5. The van der Waals surface area contributed by atoms with Gasteiger partial charge in [0.15, 0.2) is 0 Å². The van der Waals surface area contributed by atoms with Crippen molar-refractivity contribution in [1.82, 2.24) is 0 Å². The van der Waals surface area contributed by atoms with E-state index in [1.165, 1.54) is 0 Å². The van der Waals surface area contributed by atoms with Gasteiger partial charge in [-0.15, -0.1) is 0 Å². The molecule has 0 aliphatic rings. The normalized spacial score (nSPS) is 12.7. The van der Waals surface area contributed by atoms with Crippen molar-refractivity contribution in [3.8, 4) is 0 Å². The number of halogens is 7. The maximum atomic E-state index is 12.3. The highest BCUT2D eigenvalue weighted by Crippen LogP contribution is 2.26. The van der Waals surface area contributed by atoms with Gasteiger partial charge in [-0.25, -0.2) is 8.78 Å². The van der Waals surface area contributed by atoms with Gasteiger partial charge < -0.3 is 0 Å². The molecule has 0 aliphatic heterocycles. The zero-order chi connectivity index (χ0) is 14.7. The largest absolute Gasteiger partial charge is 0.450 e. The van der Waals surface area contributed by atoms with Gasteiger partial charge in [0.2, 0.25) is 11.6 Å². The van der Waals surface area contributed by atoms with Gasteiger partial charge in [-0.1, -0.05) is 0 Å². The highest BCUT2D eigenvalue weighted by atomic mass is 19.4. The second kappa shape index (κ2) is 5.44. The summed E-state index contributed by atoms with van der Waals surface area (Å²) in [6, 6.07) is 0. The summed E-state index contributed by atoms with van der Waals surface area (Å²) >= 11 is 0. The zero-order valence-electron chi connectivity index (χ0n) is 8.36. The minimum atomic E-state index is -5.36. The van der Waals surface area contributed by atoms with E-state index < -0.39 is 48.7 Å². The summed E-state index contributed by atoms with van der Waals surface area (Å²) in [5, 5.41) is 0. The molecule has 0 aromatic rings. The van der Waals surface area contributed by atoms with E-state index in [9.17, 15) is 45.1 Å². The molecular weight excluding hydrogens is 277 g/mol. The minimum absolute atomic E-state index is 1.80. The monoisotopic (exact) mass is 282 g/mol. The Hall–Kier alpha value is -1.48. The number of carbonyl (C=O) groups excluding carboxylic acids is 3. The van der Waals surface area contributed by atoms with Crippen molar-refractivity contribution in [3.05, 3.63) is 0 Å². The van der Waals surface area contributed by atoms with Gasteiger partial charge >= 0.3 is 18.5 Å². The van der Waals surface area contributed by atoms with Gasteiger partial charge in [0.1, 0.15) is 5.78 Å². The van der Waals surface area contributed by atoms with E-state index >= 15 is 0 Å². The van der Waals surface area contributed by atoms with Crippen LogP contribution in [0.2, 0.25) is 0 Å². The molecule has 0 fully saturated rings. The Balaban J connectivity index is 4.53. The molecule has 0 spiro atoms. The lowest BCUT2D eigenvalue weighted by Gasteiger charge is -2.12. The quantitative estimate of drug-likeness (QED) is 0.552. The molecule has 0 saturated heterocycles. The van der Waals surface area contributed by atoms with Gasteiger partial charge in [0.25, 0.3) is 0 Å². The van der Waals surface area contributed by atoms with Gasteiger partial charge in [-0.05, 0) is 0 Å². The van der Waals surface area contributed by atoms with Crippen LogP contribution in [0.5, 0.6) is 0 Å². The third-order valence-electron chi connectivity index (χ3n) is 1.68. The van der Waals surface area contributed by atoms with E-state index in [-0.39, 0.29) is 0 Å². The summed E-state index contributed by atoms with van der Waals surface area (Å²) in [7, 11) is 0. The highest BCUT2D eigenvalue weighted by molar-refractivity contribution is 6.10. The molecule has 0 rings (SSSR count). The lowest BCUT2D eigenvalue weighted by atomic mass is 10.1. The standard InChI is InChI=1S/C8H5F7O3/c9-6(10)7(11,12)4(17)1-3(16)2-5(18)8(13,14)15/h6H,1-2H2. The summed E-state index contributed by atoms with van der Waals surface area (Å²) in [5.74, 6) is -12.0. The number of alkyl halides is 7. The summed E-state index contributed by atoms with van der Waals surface area (Å²) in [6.07, 6.45) is -13.4. The van der Waals surface area contributed by atoms with Crippen LogP contribution in [0.1, 0.15) is 12.8 Å². The lowest BCUT2D eigenvalue weighted by Crippen LogP contribution is -2.38. The van der Waals surface area contributed by atoms with Crippen molar-refractivity contribution < 1.29 is 45.1 Å². The molecule has 18 heavy (non-hydrogen) atoms. The van der Waals surface area contributed by atoms with Crippen LogP contribution in [0.25, 0.3) is 0 Å². The SMILES string of the molecule is O=C(CC(=O)C(F)(F)F)CC(=O)C(F)(F)C(F)F. The third kappa shape index (κ3) is 4.41. The number of hydrogen-bond donors (Lipinski definition) is 0. The second-order valence-electron chi connectivity index (χ2n) is 3.16. The predicted molar refractivity (Wildman–Crippen MR) is 41.3 cm³/mol. The molecule has 0 amide bonds. The van der Waals surface area contributed by atoms with Crippen LogP contribution in [0, 0.1) is 0 Å². The van der Waals surface area contributed by atoms with Crippen LogP contribution in [-0.4, -0.2) is 35.9 Å². The molecule has 3 nitrogen and oxygen atoms in total. The van der Waals surface area contributed by atoms with E-state index in [0.717, 1.165) is 0 Å². The molecule has 0 saturated carbocycles. The Morgan fingerprint density at radius 3 is 1.56 bits per heavy atom. The smallest absolute Gasteiger partial charge is 0.299 e. The van der Waals surface area contributed by atoms with E-state index in [0.29, 0.717) is 0 Å². The van der Waals surface area contributed by atoms with Crippen molar-refractivity contribution in [1.29, 1.82) is 0 Å². The molecule has 10 heteroatoms. The molecule has 0 atom stereocenters. The van der Waals surface area contributed by atoms with Gasteiger partial charge in [-0.3, -0.25) is 14.4 Å². The first-order valence-electron chi connectivity index (χ1n) is 4.20. The predicted octanol–water partition coefficient (Wildman–Crippen LogP) is 1.94. The minimum Gasteiger partial charge on any atom is -0.299 e. The number of hydrogen-bond acceptors (Lipinski definition) is 3. The van der Waals surface area contributed by atoms with Gasteiger partial charge in [-0.2, -0.15) is 22.0 Å². The molecule has 0 bridgehead atoms. The molecule has 0 heterocycles. The summed E-state index contributed by atoms with van der Waals surface area (Å²) in [6.45, 7) is 0. The topological polar surface area (TPSA) is 51.2 Å². The maximum Gasteiger partial charge on any atom is 0.450 e. The molecule has 104 valence electrons. The molecule has 0 aromatic carbocycles. The van der Waals surface area contributed by atoms with Crippen molar-refractivity contribution in [2.45, 2.75) is 31.4 Å². The third-order valence-corrected chi connectivity index (χ3v) is 1.68. The van der Waals surface area contributed by atoms with Crippen molar-refractivity contribution in [3.63, 3.8) is 0 Å². The first-order valence-corrected chi connectivity index (χ1v) is 4.20. The molecule has 0 unspecified atom stereocenters. The van der Waals surface area contributed by atoms with E-state index in [1.54, 1.807) is 0 Å². The number of rotatable bonds is 6. The Bertz CT molecular complexity index is 358. The average molecular weight is 282 g/mol. The Kier molecular flexibility index (Phi) is 4.99. The van der Waals surface area contributed by atoms with E-state index in [1.807, 2.05) is 0 Å². The van der Waals surface area contributed by atoms with Crippen molar-refractivity contribution in [2.75, 3.05) is 0 Å². The first-order chi connectivity index (χ1) is 7.89. The van der Waals surface area contributed by atoms with Gasteiger partial charge in [0.05, 0.1) is 12.8 Å². The fraction of sp³-hybridized carbons (Fsp3) is 0.625. The van der Waals surface area contributed by atoms with Gasteiger partial charge in [0, 0.05) is 0 Å². The lowest BCUT2D eigenvalue weighted by molar-refractivity contribution is -0.173. The van der Waals surface area contributed by atoms with Crippen LogP contribution < -0.4 is 0 Å². The zero-order valence-corrected chi connectivity index (χ0v) is 8.36. The molecular formula is C8H5F7O3. The van der Waals surface area contributed by atoms with Crippen LogP contribution in [-0.2, 0) is 14.4 Å². The van der Waals surface area contributed by atoms with Crippen LogP contribution in [0.3, 0.4) is 0 Å². The fourth-order valence-electron chi connectivity index (χ4n) is 0.760. The molecule has 0 aromatic heterocycles. The molecule has 0 aliphatic carbocycles. The number of carbonyl (C=O) groups is 3. The van der Waals surface area contributed by atoms with Crippen LogP contribution in [0.15, 0.2) is 0 Å². The van der Waals surface area contributed by atoms with E-state index in [4.69, 9.17) is 0 Å². The number of ketones is 3. The number of Topliss-reactive ketones (excluding diaryl/α,β-unsaturated/α-hetero) is 3. The summed E-state index contributed by atoms with van der Waals surface area (Å²) in [4.78, 5) is 31.4. The van der Waals surface area contributed by atoms with Crippen molar-refractivity contribution >= 4 is 17.3 Å². The molecule has 0 N–H and O–H groups in total. The Morgan fingerprint density at radius 1 is 0.833 bits per heavy atom. The fourth-order valence-corrected chi connectivity index (χ4v) is 0.760. The Morgan fingerprint density at radius 2 is 1.22 bits per heavy atom. The Labute approximate surface area is 94.9 Å². The summed E-state index contributed by atoms with van der Waals surface area (Å²) in [5.41, 5.74) is 0. The average Bonchev–Trinajstić information content (AvgIpc) is 2.15. The van der Waals surface area contributed by atoms with Crippen LogP contribution >= 0.6 is 0 Å². The highest BCUT2D eigenvalue weighted by Gasteiger charge is 2.49. The second-order valence-corrected chi connectivity index (χ2v) is 3.16. The summed E-state index contributed by atoms with van der Waals surface area (Å²) < 4.78 is 82.9. The van der Waals surface area contributed by atoms with Crippen molar-refractivity contribution in [2.24, 2.45) is 0 Å². The van der Waals surface area contributed by atoms with Crippen LogP contribution in [0.4, 0.5) is 30.7 Å².